The molecule has 1 aliphatic rings. The Morgan fingerprint density at radius 3 is 2.81 bits per heavy atom. The maximum Gasteiger partial charge on any atom is 0.191 e. The zero-order valence-corrected chi connectivity index (χ0v) is 18.4. The number of hydrogen-bond acceptors (Lipinski definition) is 4. The fourth-order valence-corrected chi connectivity index (χ4v) is 2.80. The van der Waals surface area contributed by atoms with Crippen molar-refractivity contribution in [2.75, 3.05) is 26.3 Å². The van der Waals surface area contributed by atoms with Crippen LogP contribution in [0.2, 0.25) is 0 Å². The molecular weight excluding hydrogens is 457 g/mol. The van der Waals surface area contributed by atoms with E-state index in [1.807, 2.05) is 25.1 Å². The predicted molar refractivity (Wildman–Crippen MR) is 119 cm³/mol. The number of guanidine groups is 1. The molecule has 7 heteroatoms. The van der Waals surface area contributed by atoms with E-state index in [4.69, 9.17) is 9.15 Å². The Hall–Kier alpha value is -1.32. The van der Waals surface area contributed by atoms with Gasteiger partial charge < -0.3 is 24.9 Å². The number of nitrogens with one attached hydrogen (secondary N) is 2. The molecule has 150 valence electrons. The van der Waals surface area contributed by atoms with Gasteiger partial charge in [0.15, 0.2) is 5.96 Å². The molecule has 0 bridgehead atoms. The summed E-state index contributed by atoms with van der Waals surface area (Å²) in [6.45, 7) is 6.78. The molecule has 1 aliphatic carbocycles. The Morgan fingerprint density at radius 1 is 1.33 bits per heavy atom. The minimum Gasteiger partial charge on any atom is -0.459 e. The van der Waals surface area contributed by atoms with Crippen LogP contribution in [0.1, 0.15) is 31.1 Å². The van der Waals surface area contributed by atoms with E-state index in [0.717, 1.165) is 35.4 Å². The number of rotatable bonds is 9. The van der Waals surface area contributed by atoms with Gasteiger partial charge in [-0.05, 0) is 38.7 Å². The molecule has 3 rings (SSSR count). The van der Waals surface area contributed by atoms with Gasteiger partial charge in [0.2, 0.25) is 0 Å². The highest BCUT2D eigenvalue weighted by atomic mass is 127. The van der Waals surface area contributed by atoms with Crippen LogP contribution >= 0.6 is 24.0 Å². The number of aliphatic imine (C=N–C) groups is 1. The first-order valence-corrected chi connectivity index (χ1v) is 9.42. The number of fused-ring (bicyclic) bond motifs is 1. The number of aliphatic hydroxyl groups is 1. The number of halogens is 1. The SMILES string of the molecule is CCNC(=NCc1oc2ccccc2c1C)NCC(O)COCC1CC1.I. The Bertz CT molecular complexity index is 743. The third-order valence-electron chi connectivity index (χ3n) is 4.53. The summed E-state index contributed by atoms with van der Waals surface area (Å²) in [5.41, 5.74) is 2.00. The Kier molecular flexibility index (Phi) is 8.85. The molecule has 0 radical (unpaired) electrons. The molecule has 1 atom stereocenters. The minimum absolute atomic E-state index is 0. The second-order valence-corrected chi connectivity index (χ2v) is 6.86. The van der Waals surface area contributed by atoms with Crippen molar-refractivity contribution in [2.24, 2.45) is 10.9 Å². The summed E-state index contributed by atoms with van der Waals surface area (Å²) >= 11 is 0. The topological polar surface area (TPSA) is 79.0 Å². The van der Waals surface area contributed by atoms with E-state index < -0.39 is 6.10 Å². The third kappa shape index (κ3) is 6.65. The monoisotopic (exact) mass is 487 g/mol. The summed E-state index contributed by atoms with van der Waals surface area (Å²) in [6.07, 6.45) is 1.96. The lowest BCUT2D eigenvalue weighted by Gasteiger charge is -2.15. The molecule has 0 saturated heterocycles. The number of para-hydroxylation sites is 1. The predicted octanol–water partition coefficient (Wildman–Crippen LogP) is 3.20. The lowest BCUT2D eigenvalue weighted by atomic mass is 10.1. The van der Waals surface area contributed by atoms with Crippen LogP contribution in [0.25, 0.3) is 11.0 Å². The average molecular weight is 487 g/mol. The first kappa shape index (κ1) is 22.0. The lowest BCUT2D eigenvalue weighted by Crippen LogP contribution is -2.42. The van der Waals surface area contributed by atoms with Gasteiger partial charge in [-0.3, -0.25) is 0 Å². The van der Waals surface area contributed by atoms with Crippen molar-refractivity contribution in [3.05, 3.63) is 35.6 Å². The number of aliphatic hydroxyl groups excluding tert-OH is 1. The number of nitrogens with zero attached hydrogens (tertiary/aromatic N) is 1. The fraction of sp³-hybridized carbons (Fsp3) is 0.550. The molecule has 0 spiro atoms. The van der Waals surface area contributed by atoms with Crippen molar-refractivity contribution in [3.8, 4) is 0 Å². The summed E-state index contributed by atoms with van der Waals surface area (Å²) in [5, 5.41) is 17.5. The second-order valence-electron chi connectivity index (χ2n) is 6.86. The zero-order valence-electron chi connectivity index (χ0n) is 16.0. The molecule has 1 heterocycles. The highest BCUT2D eigenvalue weighted by molar-refractivity contribution is 14.0. The van der Waals surface area contributed by atoms with E-state index in [-0.39, 0.29) is 24.0 Å². The van der Waals surface area contributed by atoms with Gasteiger partial charge in [-0.1, -0.05) is 18.2 Å². The molecule has 1 unspecified atom stereocenters. The molecule has 1 aromatic heterocycles. The molecule has 27 heavy (non-hydrogen) atoms. The summed E-state index contributed by atoms with van der Waals surface area (Å²) < 4.78 is 11.4. The van der Waals surface area contributed by atoms with Crippen LogP contribution in [0.4, 0.5) is 0 Å². The van der Waals surface area contributed by atoms with Gasteiger partial charge in [0.05, 0.1) is 12.7 Å². The fourth-order valence-electron chi connectivity index (χ4n) is 2.80. The Balaban J connectivity index is 0.00000261. The third-order valence-corrected chi connectivity index (χ3v) is 4.53. The highest BCUT2D eigenvalue weighted by Gasteiger charge is 2.21. The van der Waals surface area contributed by atoms with Gasteiger partial charge in [0.1, 0.15) is 17.9 Å². The van der Waals surface area contributed by atoms with Crippen molar-refractivity contribution in [1.82, 2.24) is 10.6 Å². The average Bonchev–Trinajstić information content (AvgIpc) is 3.41. The standard InChI is InChI=1S/C20H29N3O3.HI/c1-3-21-20(22-10-16(24)13-25-12-15-8-9-15)23-11-19-14(2)17-6-4-5-7-18(17)26-19;/h4-7,15-16,24H,3,8-13H2,1-2H3,(H2,21,22,23);1H. The number of benzene rings is 1. The first-order valence-electron chi connectivity index (χ1n) is 9.42. The van der Waals surface area contributed by atoms with Crippen molar-refractivity contribution < 1.29 is 14.3 Å². The van der Waals surface area contributed by atoms with Crippen LogP contribution < -0.4 is 10.6 Å². The summed E-state index contributed by atoms with van der Waals surface area (Å²) in [5.74, 6) is 2.23. The molecule has 6 nitrogen and oxygen atoms in total. The molecule has 0 amide bonds. The Labute approximate surface area is 177 Å². The summed E-state index contributed by atoms with van der Waals surface area (Å²) in [7, 11) is 0. The van der Waals surface area contributed by atoms with Gasteiger partial charge in [-0.25, -0.2) is 4.99 Å². The molecular formula is C20H30IN3O3. The van der Waals surface area contributed by atoms with Gasteiger partial charge in [0.25, 0.3) is 0 Å². The molecule has 1 fully saturated rings. The number of hydrogen-bond donors (Lipinski definition) is 3. The molecule has 2 aromatic rings. The normalized spacial score (nSPS) is 15.4. The molecule has 3 N–H and O–H groups in total. The van der Waals surface area contributed by atoms with Crippen molar-refractivity contribution in [2.45, 2.75) is 39.3 Å². The number of ether oxygens (including phenoxy) is 1. The van der Waals surface area contributed by atoms with E-state index in [0.29, 0.717) is 31.6 Å². The maximum atomic E-state index is 10.0. The van der Waals surface area contributed by atoms with Crippen LogP contribution in [-0.4, -0.2) is 43.5 Å². The largest absolute Gasteiger partial charge is 0.459 e. The summed E-state index contributed by atoms with van der Waals surface area (Å²) in [4.78, 5) is 4.58. The smallest absolute Gasteiger partial charge is 0.191 e. The quantitative estimate of drug-likeness (QED) is 0.288. The summed E-state index contributed by atoms with van der Waals surface area (Å²) in [6, 6.07) is 8.01. The first-order chi connectivity index (χ1) is 12.7. The number of aryl methyl sites for hydroxylation is 1. The van der Waals surface area contributed by atoms with Gasteiger partial charge in [-0.15, -0.1) is 24.0 Å². The lowest BCUT2D eigenvalue weighted by molar-refractivity contribution is 0.0345. The van der Waals surface area contributed by atoms with E-state index in [9.17, 15) is 5.11 Å². The van der Waals surface area contributed by atoms with E-state index in [2.05, 4.69) is 28.6 Å². The number of furan rings is 1. The van der Waals surface area contributed by atoms with Gasteiger partial charge in [-0.2, -0.15) is 0 Å². The van der Waals surface area contributed by atoms with Crippen LogP contribution in [0, 0.1) is 12.8 Å². The van der Waals surface area contributed by atoms with Gasteiger partial charge in [0, 0.05) is 30.6 Å². The van der Waals surface area contributed by atoms with E-state index in [1.54, 1.807) is 0 Å². The molecule has 1 saturated carbocycles. The van der Waals surface area contributed by atoms with Crippen LogP contribution in [0.15, 0.2) is 33.7 Å². The highest BCUT2D eigenvalue weighted by Crippen LogP contribution is 2.28. The Morgan fingerprint density at radius 2 is 2.11 bits per heavy atom. The van der Waals surface area contributed by atoms with Gasteiger partial charge >= 0.3 is 0 Å². The van der Waals surface area contributed by atoms with Crippen LogP contribution in [0.5, 0.6) is 0 Å². The van der Waals surface area contributed by atoms with Crippen molar-refractivity contribution in [3.63, 3.8) is 0 Å². The molecule has 1 aromatic carbocycles. The van der Waals surface area contributed by atoms with E-state index >= 15 is 0 Å². The van der Waals surface area contributed by atoms with Crippen LogP contribution in [-0.2, 0) is 11.3 Å². The van der Waals surface area contributed by atoms with Crippen molar-refractivity contribution >= 4 is 40.9 Å². The van der Waals surface area contributed by atoms with E-state index in [1.165, 1.54) is 12.8 Å². The minimum atomic E-state index is -0.550. The van der Waals surface area contributed by atoms with Crippen LogP contribution in [0.3, 0.4) is 0 Å². The zero-order chi connectivity index (χ0) is 18.4. The second kappa shape index (κ2) is 10.9. The van der Waals surface area contributed by atoms with Crippen molar-refractivity contribution in [1.29, 1.82) is 0 Å². The molecule has 0 aliphatic heterocycles. The maximum absolute atomic E-state index is 10.0.